The van der Waals surface area contributed by atoms with E-state index in [1.54, 1.807) is 19.2 Å². The molecule has 13 heteroatoms. The molecule has 1 aliphatic heterocycles. The molecular weight excluding hydrogens is 594 g/mol. The summed E-state index contributed by atoms with van der Waals surface area (Å²) in [4.78, 5) is 62.9. The number of urea groups is 1. The quantitative estimate of drug-likeness (QED) is 0.169. The van der Waals surface area contributed by atoms with E-state index in [4.69, 9.17) is 4.74 Å². The average molecular weight is 640 g/mol. The van der Waals surface area contributed by atoms with E-state index in [-0.39, 0.29) is 43.4 Å². The molecule has 0 bridgehead atoms. The number of carbonyl (C=O) groups is 5. The number of amides is 4. The van der Waals surface area contributed by atoms with E-state index < -0.39 is 41.9 Å². The van der Waals surface area contributed by atoms with E-state index >= 15 is 0 Å². The number of anilines is 2. The lowest BCUT2D eigenvalue weighted by Crippen LogP contribution is -2.50. The SMILES string of the molecule is Cc1ccc(NC(=O)Nc2ccc(C3CC(C(=O)NC(COCCC(NC(=O)CC(C)(C)C)C(=O)O)C(=O)O)N(C)C3)cc2)cc1. The summed E-state index contributed by atoms with van der Waals surface area (Å²) in [5.74, 6) is -3.35. The molecule has 0 saturated carbocycles. The lowest BCUT2D eigenvalue weighted by molar-refractivity contribution is -0.145. The number of nitrogens with one attached hydrogen (secondary N) is 4. The molecule has 1 fully saturated rings. The second-order valence-corrected chi connectivity index (χ2v) is 12.9. The minimum Gasteiger partial charge on any atom is -0.480 e. The highest BCUT2D eigenvalue weighted by Crippen LogP contribution is 2.31. The largest absolute Gasteiger partial charge is 0.480 e. The minimum absolute atomic E-state index is 0.0113. The summed E-state index contributed by atoms with van der Waals surface area (Å²) < 4.78 is 5.42. The third-order valence-electron chi connectivity index (χ3n) is 7.57. The number of nitrogens with zero attached hydrogens (tertiary/aromatic N) is 1. The van der Waals surface area contributed by atoms with Gasteiger partial charge < -0.3 is 36.2 Å². The number of likely N-dealkylation sites (tertiary alicyclic amines) is 1. The molecule has 0 aliphatic carbocycles. The molecule has 3 rings (SSSR count). The molecule has 46 heavy (non-hydrogen) atoms. The molecule has 1 saturated heterocycles. The summed E-state index contributed by atoms with van der Waals surface area (Å²) in [5, 5.41) is 29.7. The van der Waals surface area contributed by atoms with Gasteiger partial charge in [-0.15, -0.1) is 0 Å². The minimum atomic E-state index is -1.34. The number of aliphatic carboxylic acids is 2. The predicted molar refractivity (Wildman–Crippen MR) is 173 cm³/mol. The van der Waals surface area contributed by atoms with Crippen LogP contribution in [0.5, 0.6) is 0 Å². The third-order valence-corrected chi connectivity index (χ3v) is 7.57. The fourth-order valence-corrected chi connectivity index (χ4v) is 5.15. The van der Waals surface area contributed by atoms with E-state index in [9.17, 15) is 34.2 Å². The Kier molecular flexibility index (Phi) is 12.7. The molecule has 0 spiro atoms. The van der Waals surface area contributed by atoms with Crippen molar-refractivity contribution < 1.29 is 38.9 Å². The maximum absolute atomic E-state index is 13.1. The molecular formula is C33H45N5O8. The molecule has 4 atom stereocenters. The van der Waals surface area contributed by atoms with Crippen LogP contribution in [0.3, 0.4) is 0 Å². The maximum atomic E-state index is 13.1. The van der Waals surface area contributed by atoms with Crippen LogP contribution in [0.15, 0.2) is 48.5 Å². The first-order valence-electron chi connectivity index (χ1n) is 15.2. The maximum Gasteiger partial charge on any atom is 0.328 e. The molecule has 1 aliphatic rings. The Hall–Kier alpha value is -4.49. The van der Waals surface area contributed by atoms with Crippen molar-refractivity contribution >= 4 is 41.2 Å². The summed E-state index contributed by atoms with van der Waals surface area (Å²) in [7, 11) is 1.79. The van der Waals surface area contributed by atoms with Crippen LogP contribution in [0.4, 0.5) is 16.2 Å². The summed E-state index contributed by atoms with van der Waals surface area (Å²) in [6, 6.07) is 11.4. The number of carboxylic acid groups (broad SMARTS) is 2. The highest BCUT2D eigenvalue weighted by atomic mass is 16.5. The van der Waals surface area contributed by atoms with E-state index in [1.165, 1.54) is 0 Å². The van der Waals surface area contributed by atoms with Crippen molar-refractivity contribution in [2.45, 2.75) is 71.0 Å². The molecule has 4 amide bonds. The Labute approximate surface area is 269 Å². The first-order valence-corrected chi connectivity index (χ1v) is 15.2. The van der Waals surface area contributed by atoms with Crippen molar-refractivity contribution in [3.8, 4) is 0 Å². The lowest BCUT2D eigenvalue weighted by atomic mass is 9.92. The molecule has 250 valence electrons. The van der Waals surface area contributed by atoms with Crippen molar-refractivity contribution in [2.24, 2.45) is 5.41 Å². The predicted octanol–water partition coefficient (Wildman–Crippen LogP) is 3.41. The lowest BCUT2D eigenvalue weighted by Gasteiger charge is -2.22. The van der Waals surface area contributed by atoms with Crippen molar-refractivity contribution in [1.82, 2.24) is 15.5 Å². The first kappa shape index (κ1) is 36.0. The highest BCUT2D eigenvalue weighted by Gasteiger charge is 2.37. The summed E-state index contributed by atoms with van der Waals surface area (Å²) in [6.45, 7) is 7.63. The highest BCUT2D eigenvalue weighted by molar-refractivity contribution is 5.99. The zero-order valence-electron chi connectivity index (χ0n) is 27.0. The number of rotatable bonds is 14. The van der Waals surface area contributed by atoms with Gasteiger partial charge in [-0.3, -0.25) is 14.5 Å². The monoisotopic (exact) mass is 639 g/mol. The number of ether oxygens (including phenoxy) is 1. The zero-order valence-corrected chi connectivity index (χ0v) is 27.0. The van der Waals surface area contributed by atoms with Crippen LogP contribution in [0, 0.1) is 12.3 Å². The van der Waals surface area contributed by atoms with Crippen molar-refractivity contribution in [3.63, 3.8) is 0 Å². The molecule has 1 heterocycles. The second-order valence-electron chi connectivity index (χ2n) is 12.9. The number of hydrogen-bond acceptors (Lipinski definition) is 7. The second kappa shape index (κ2) is 16.2. The van der Waals surface area contributed by atoms with E-state index in [0.717, 1.165) is 11.1 Å². The summed E-state index contributed by atoms with van der Waals surface area (Å²) in [6.07, 6.45) is 0.548. The first-order chi connectivity index (χ1) is 21.6. The Morgan fingerprint density at radius 3 is 2.00 bits per heavy atom. The van der Waals surface area contributed by atoms with Gasteiger partial charge in [0.2, 0.25) is 11.8 Å². The van der Waals surface area contributed by atoms with Crippen LogP contribution in [-0.4, -0.2) is 89.8 Å². The van der Waals surface area contributed by atoms with Crippen LogP contribution >= 0.6 is 0 Å². The van der Waals surface area contributed by atoms with Gasteiger partial charge in [0, 0.05) is 37.4 Å². The van der Waals surface area contributed by atoms with Crippen molar-refractivity contribution in [2.75, 3.05) is 37.4 Å². The fraction of sp³-hybridized carbons (Fsp3) is 0.485. The number of hydrogen-bond donors (Lipinski definition) is 6. The Morgan fingerprint density at radius 1 is 0.891 bits per heavy atom. The summed E-state index contributed by atoms with van der Waals surface area (Å²) in [5.41, 5.74) is 3.05. The molecule has 2 aromatic rings. The molecule has 0 radical (unpaired) electrons. The Morgan fingerprint density at radius 2 is 1.46 bits per heavy atom. The normalized spacial score (nSPS) is 17.8. The van der Waals surface area contributed by atoms with Gasteiger partial charge in [-0.05, 0) is 61.6 Å². The van der Waals surface area contributed by atoms with Gasteiger partial charge in [-0.1, -0.05) is 50.6 Å². The zero-order chi connectivity index (χ0) is 34.0. The number of aryl methyl sites for hydroxylation is 1. The van der Waals surface area contributed by atoms with E-state index in [2.05, 4.69) is 21.3 Å². The van der Waals surface area contributed by atoms with E-state index in [1.807, 2.05) is 69.0 Å². The third kappa shape index (κ3) is 11.5. The van der Waals surface area contributed by atoms with Gasteiger partial charge >= 0.3 is 18.0 Å². The number of benzene rings is 2. The van der Waals surface area contributed by atoms with Crippen LogP contribution in [0.2, 0.25) is 0 Å². The molecule has 0 aromatic heterocycles. The van der Waals surface area contributed by atoms with Crippen LogP contribution < -0.4 is 21.3 Å². The smallest absolute Gasteiger partial charge is 0.328 e. The Bertz CT molecular complexity index is 1370. The standard InChI is InChI=1S/C33H45N5O8/c1-20-6-10-23(11-7-20)34-32(45)35-24-12-8-21(9-13-24)22-16-27(38(5)18-22)29(40)37-26(31(43)44)19-46-15-14-25(30(41)42)36-28(39)17-33(2,3)4/h6-13,22,25-27H,14-19H2,1-5H3,(H,36,39)(H,37,40)(H,41,42)(H,43,44)(H2,34,35,45). The molecule has 4 unspecified atom stereocenters. The van der Waals surface area contributed by atoms with E-state index in [0.29, 0.717) is 24.3 Å². The Balaban J connectivity index is 1.47. The molecule has 6 N–H and O–H groups in total. The average Bonchev–Trinajstić information content (AvgIpc) is 3.35. The number of likely N-dealkylation sites (N-methyl/N-ethyl adjacent to an activating group) is 1. The molecule has 2 aromatic carbocycles. The molecule has 13 nitrogen and oxygen atoms in total. The number of carboxylic acids is 2. The van der Waals surface area contributed by atoms with Crippen LogP contribution in [-0.2, 0) is 23.9 Å². The summed E-state index contributed by atoms with van der Waals surface area (Å²) >= 11 is 0. The fourth-order valence-electron chi connectivity index (χ4n) is 5.15. The van der Waals surface area contributed by atoms with Gasteiger partial charge in [0.15, 0.2) is 6.04 Å². The number of carbonyl (C=O) groups excluding carboxylic acids is 3. The van der Waals surface area contributed by atoms with Gasteiger partial charge in [-0.2, -0.15) is 0 Å². The van der Waals surface area contributed by atoms with Crippen molar-refractivity contribution in [3.05, 3.63) is 59.7 Å². The van der Waals surface area contributed by atoms with Crippen LogP contribution in [0.1, 0.15) is 57.1 Å². The van der Waals surface area contributed by atoms with Gasteiger partial charge in [0.1, 0.15) is 6.04 Å². The topological polar surface area (TPSA) is 186 Å². The van der Waals surface area contributed by atoms with Crippen molar-refractivity contribution in [1.29, 1.82) is 0 Å². The van der Waals surface area contributed by atoms with Gasteiger partial charge in [0.25, 0.3) is 0 Å². The van der Waals surface area contributed by atoms with Gasteiger partial charge in [0.05, 0.1) is 12.6 Å². The van der Waals surface area contributed by atoms with Crippen LogP contribution in [0.25, 0.3) is 0 Å². The van der Waals surface area contributed by atoms with Gasteiger partial charge in [-0.25, -0.2) is 14.4 Å².